The van der Waals surface area contributed by atoms with Gasteiger partial charge in [-0.05, 0) is 18.6 Å². The maximum atomic E-state index is 13.0. The topological polar surface area (TPSA) is 38.7 Å². The van der Waals surface area contributed by atoms with Crippen molar-refractivity contribution in [2.75, 3.05) is 13.2 Å². The first kappa shape index (κ1) is 11.4. The van der Waals surface area contributed by atoms with Crippen LogP contribution in [0.2, 0.25) is 0 Å². The summed E-state index contributed by atoms with van der Waals surface area (Å²) in [5, 5.41) is 9.69. The Kier molecular flexibility index (Phi) is 3.41. The highest BCUT2D eigenvalue weighted by atomic mass is 19.1. The molecule has 1 fully saturated rings. The van der Waals surface area contributed by atoms with E-state index in [2.05, 4.69) is 0 Å². The SMILES string of the molecule is Cc1ccc(F)cc1OC1COCCC1O. The van der Waals surface area contributed by atoms with Crippen molar-refractivity contribution in [3.05, 3.63) is 29.6 Å². The maximum absolute atomic E-state index is 13.0. The molecule has 0 aromatic heterocycles. The molecule has 4 heteroatoms. The Bertz CT molecular complexity index is 367. The molecule has 0 saturated carbocycles. The number of hydrogen-bond acceptors (Lipinski definition) is 3. The Labute approximate surface area is 93.8 Å². The number of halogens is 1. The summed E-state index contributed by atoms with van der Waals surface area (Å²) in [4.78, 5) is 0. The first-order valence-electron chi connectivity index (χ1n) is 5.35. The second kappa shape index (κ2) is 4.80. The summed E-state index contributed by atoms with van der Waals surface area (Å²) >= 11 is 0. The predicted octanol–water partition coefficient (Wildman–Crippen LogP) is 1.66. The highest BCUT2D eigenvalue weighted by molar-refractivity contribution is 5.32. The molecule has 0 aliphatic carbocycles. The van der Waals surface area contributed by atoms with Crippen LogP contribution >= 0.6 is 0 Å². The summed E-state index contributed by atoms with van der Waals surface area (Å²) in [5.41, 5.74) is 0.846. The van der Waals surface area contributed by atoms with Crippen LogP contribution in [0, 0.1) is 12.7 Å². The molecular weight excluding hydrogens is 211 g/mol. The van der Waals surface area contributed by atoms with Gasteiger partial charge in [-0.25, -0.2) is 4.39 Å². The first-order chi connectivity index (χ1) is 7.66. The summed E-state index contributed by atoms with van der Waals surface area (Å²) < 4.78 is 23.8. The van der Waals surface area contributed by atoms with E-state index < -0.39 is 12.2 Å². The van der Waals surface area contributed by atoms with Crippen LogP contribution in [0.3, 0.4) is 0 Å². The molecule has 16 heavy (non-hydrogen) atoms. The lowest BCUT2D eigenvalue weighted by Gasteiger charge is -2.28. The third-order valence-corrected chi connectivity index (χ3v) is 2.70. The fourth-order valence-corrected chi connectivity index (χ4v) is 1.68. The average molecular weight is 226 g/mol. The zero-order valence-corrected chi connectivity index (χ0v) is 9.15. The van der Waals surface area contributed by atoms with Gasteiger partial charge >= 0.3 is 0 Å². The van der Waals surface area contributed by atoms with Crippen LogP contribution in [0.25, 0.3) is 0 Å². The number of hydrogen-bond donors (Lipinski definition) is 1. The van der Waals surface area contributed by atoms with Crippen LogP contribution in [0.15, 0.2) is 18.2 Å². The molecule has 1 N–H and O–H groups in total. The van der Waals surface area contributed by atoms with Gasteiger partial charge in [-0.2, -0.15) is 0 Å². The van der Waals surface area contributed by atoms with Crippen LogP contribution in [-0.2, 0) is 4.74 Å². The third-order valence-electron chi connectivity index (χ3n) is 2.70. The largest absolute Gasteiger partial charge is 0.485 e. The molecule has 0 radical (unpaired) electrons. The maximum Gasteiger partial charge on any atom is 0.148 e. The van der Waals surface area contributed by atoms with Gasteiger partial charge < -0.3 is 14.6 Å². The second-order valence-corrected chi connectivity index (χ2v) is 4.00. The van der Waals surface area contributed by atoms with Crippen LogP contribution in [0.5, 0.6) is 5.75 Å². The van der Waals surface area contributed by atoms with E-state index in [1.807, 2.05) is 6.92 Å². The van der Waals surface area contributed by atoms with Gasteiger partial charge in [0.05, 0.1) is 12.7 Å². The fourth-order valence-electron chi connectivity index (χ4n) is 1.68. The van der Waals surface area contributed by atoms with E-state index in [0.29, 0.717) is 25.4 Å². The molecule has 2 unspecified atom stereocenters. The average Bonchev–Trinajstić information content (AvgIpc) is 2.27. The van der Waals surface area contributed by atoms with Crippen molar-refractivity contribution in [1.82, 2.24) is 0 Å². The molecular formula is C12H15FO3. The van der Waals surface area contributed by atoms with Crippen molar-refractivity contribution in [1.29, 1.82) is 0 Å². The highest BCUT2D eigenvalue weighted by Crippen LogP contribution is 2.22. The molecule has 3 nitrogen and oxygen atoms in total. The minimum Gasteiger partial charge on any atom is -0.485 e. The Hall–Kier alpha value is -1.13. The lowest BCUT2D eigenvalue weighted by molar-refractivity contribution is -0.0737. The molecule has 2 rings (SSSR count). The molecule has 2 atom stereocenters. The molecule has 1 aromatic carbocycles. The Morgan fingerprint density at radius 1 is 1.50 bits per heavy atom. The van der Waals surface area contributed by atoms with E-state index in [4.69, 9.17) is 9.47 Å². The van der Waals surface area contributed by atoms with Gasteiger partial charge in [0.25, 0.3) is 0 Å². The first-order valence-corrected chi connectivity index (χ1v) is 5.35. The monoisotopic (exact) mass is 226 g/mol. The Morgan fingerprint density at radius 3 is 3.06 bits per heavy atom. The van der Waals surface area contributed by atoms with Gasteiger partial charge in [-0.3, -0.25) is 0 Å². The van der Waals surface area contributed by atoms with Gasteiger partial charge in [0.1, 0.15) is 17.7 Å². The number of aryl methyl sites for hydroxylation is 1. The molecule has 1 saturated heterocycles. The fraction of sp³-hybridized carbons (Fsp3) is 0.500. The lowest BCUT2D eigenvalue weighted by atomic mass is 10.1. The summed E-state index contributed by atoms with van der Waals surface area (Å²) in [7, 11) is 0. The van der Waals surface area contributed by atoms with Gasteiger partial charge in [-0.1, -0.05) is 6.07 Å². The highest BCUT2D eigenvalue weighted by Gasteiger charge is 2.25. The molecule has 1 aromatic rings. The van der Waals surface area contributed by atoms with Crippen molar-refractivity contribution >= 4 is 0 Å². The van der Waals surface area contributed by atoms with Crippen molar-refractivity contribution in [3.8, 4) is 5.75 Å². The molecule has 0 bridgehead atoms. The molecule has 1 heterocycles. The van der Waals surface area contributed by atoms with E-state index in [0.717, 1.165) is 5.56 Å². The third kappa shape index (κ3) is 2.51. The minimum absolute atomic E-state index is 0.341. The second-order valence-electron chi connectivity index (χ2n) is 4.00. The van der Waals surface area contributed by atoms with E-state index in [1.165, 1.54) is 12.1 Å². The summed E-state index contributed by atoms with van der Waals surface area (Å²) in [6.45, 7) is 2.73. The minimum atomic E-state index is -0.545. The van der Waals surface area contributed by atoms with Crippen LogP contribution in [0.1, 0.15) is 12.0 Å². The zero-order valence-electron chi connectivity index (χ0n) is 9.15. The summed E-state index contributed by atoms with van der Waals surface area (Å²) in [6.07, 6.45) is -0.398. The Morgan fingerprint density at radius 2 is 2.31 bits per heavy atom. The Balaban J connectivity index is 2.10. The van der Waals surface area contributed by atoms with E-state index in [-0.39, 0.29) is 5.82 Å². The van der Waals surface area contributed by atoms with Crippen molar-refractivity contribution in [3.63, 3.8) is 0 Å². The van der Waals surface area contributed by atoms with Crippen molar-refractivity contribution < 1.29 is 19.0 Å². The van der Waals surface area contributed by atoms with Crippen molar-refractivity contribution in [2.24, 2.45) is 0 Å². The van der Waals surface area contributed by atoms with Gasteiger partial charge in [0, 0.05) is 19.1 Å². The van der Waals surface area contributed by atoms with Crippen LogP contribution in [0.4, 0.5) is 4.39 Å². The molecule has 88 valence electrons. The number of aliphatic hydroxyl groups is 1. The van der Waals surface area contributed by atoms with Gasteiger partial charge in [-0.15, -0.1) is 0 Å². The molecule has 1 aliphatic rings. The van der Waals surface area contributed by atoms with E-state index in [9.17, 15) is 9.50 Å². The number of benzene rings is 1. The smallest absolute Gasteiger partial charge is 0.148 e. The van der Waals surface area contributed by atoms with E-state index in [1.54, 1.807) is 6.07 Å². The van der Waals surface area contributed by atoms with Crippen LogP contribution < -0.4 is 4.74 Å². The number of rotatable bonds is 2. The lowest BCUT2D eigenvalue weighted by Crippen LogP contribution is -2.41. The van der Waals surface area contributed by atoms with Crippen LogP contribution in [-0.4, -0.2) is 30.5 Å². The number of aliphatic hydroxyl groups excluding tert-OH is 1. The molecule has 1 aliphatic heterocycles. The summed E-state index contributed by atoms with van der Waals surface area (Å²) in [6, 6.07) is 4.37. The van der Waals surface area contributed by atoms with Gasteiger partial charge in [0.2, 0.25) is 0 Å². The predicted molar refractivity (Wildman–Crippen MR) is 57.0 cm³/mol. The number of ether oxygens (including phenoxy) is 2. The van der Waals surface area contributed by atoms with Crippen molar-refractivity contribution in [2.45, 2.75) is 25.6 Å². The quantitative estimate of drug-likeness (QED) is 0.833. The van der Waals surface area contributed by atoms with Gasteiger partial charge in [0.15, 0.2) is 0 Å². The molecule has 0 amide bonds. The summed E-state index contributed by atoms with van der Waals surface area (Å²) in [5.74, 6) is 0.126. The normalized spacial score (nSPS) is 25.4. The zero-order chi connectivity index (χ0) is 11.5. The molecule has 0 spiro atoms. The standard InChI is InChI=1S/C12H15FO3/c1-8-2-3-9(13)6-11(8)16-12-7-15-5-4-10(12)14/h2-3,6,10,12,14H,4-5,7H2,1H3. The van der Waals surface area contributed by atoms with E-state index >= 15 is 0 Å².